The third-order valence-electron chi connectivity index (χ3n) is 7.74. The molecule has 2 heterocycles. The van der Waals surface area contributed by atoms with Crippen LogP contribution in [0.3, 0.4) is 0 Å². The SMILES string of the molecule is COc1ccc(C2Cc3c(cccc3C(F)(F)F)N(CC3CCCN3Cc3ccccc3)C(=O)C2O)cc1. The van der Waals surface area contributed by atoms with Crippen molar-refractivity contribution in [3.8, 4) is 5.75 Å². The fourth-order valence-electron chi connectivity index (χ4n) is 5.77. The normalized spacial score (nSPS) is 22.3. The van der Waals surface area contributed by atoms with E-state index in [4.69, 9.17) is 4.74 Å². The number of methoxy groups -OCH3 is 1. The van der Waals surface area contributed by atoms with Crippen molar-refractivity contribution in [1.82, 2.24) is 4.90 Å². The number of anilines is 1. The molecule has 3 unspecified atom stereocenters. The zero-order chi connectivity index (χ0) is 26.9. The van der Waals surface area contributed by atoms with Crippen LogP contribution >= 0.6 is 0 Å². The molecule has 1 amide bonds. The lowest BCUT2D eigenvalue weighted by atomic mass is 9.86. The van der Waals surface area contributed by atoms with Crippen molar-refractivity contribution in [3.05, 3.63) is 95.1 Å². The average Bonchev–Trinajstić information content (AvgIpc) is 3.32. The number of carbonyl (C=O) groups excluding carboxylic acids is 1. The molecule has 2 aliphatic rings. The lowest BCUT2D eigenvalue weighted by Gasteiger charge is -2.32. The van der Waals surface area contributed by atoms with E-state index in [1.807, 2.05) is 30.3 Å². The monoisotopic (exact) mass is 524 g/mol. The second-order valence-corrected chi connectivity index (χ2v) is 10.0. The summed E-state index contributed by atoms with van der Waals surface area (Å²) >= 11 is 0. The lowest BCUT2D eigenvalue weighted by Crippen LogP contribution is -2.47. The van der Waals surface area contributed by atoms with Gasteiger partial charge in [-0.05, 0) is 66.8 Å². The number of ether oxygens (including phenoxy) is 1. The second kappa shape index (κ2) is 10.8. The van der Waals surface area contributed by atoms with Gasteiger partial charge in [0, 0.05) is 30.7 Å². The number of likely N-dealkylation sites (tertiary alicyclic amines) is 1. The van der Waals surface area contributed by atoms with Crippen LogP contribution in [0.5, 0.6) is 5.75 Å². The van der Waals surface area contributed by atoms with Gasteiger partial charge < -0.3 is 14.7 Å². The van der Waals surface area contributed by atoms with Gasteiger partial charge in [0.05, 0.1) is 12.7 Å². The minimum atomic E-state index is -4.59. The predicted octanol–water partition coefficient (Wildman–Crippen LogP) is 5.41. The molecule has 0 spiro atoms. The van der Waals surface area contributed by atoms with E-state index >= 15 is 0 Å². The summed E-state index contributed by atoms with van der Waals surface area (Å²) in [5.74, 6) is -0.818. The van der Waals surface area contributed by atoms with Crippen molar-refractivity contribution in [2.45, 2.75) is 50.0 Å². The molecule has 1 saturated heterocycles. The quantitative estimate of drug-likeness (QED) is 0.469. The van der Waals surface area contributed by atoms with Crippen molar-refractivity contribution in [3.63, 3.8) is 0 Å². The number of aliphatic hydroxyl groups excluding tert-OH is 1. The van der Waals surface area contributed by atoms with Crippen LogP contribution in [0.15, 0.2) is 72.8 Å². The van der Waals surface area contributed by atoms with Gasteiger partial charge in [0.1, 0.15) is 11.9 Å². The highest BCUT2D eigenvalue weighted by Gasteiger charge is 2.43. The molecule has 1 fully saturated rings. The molecule has 200 valence electrons. The molecule has 0 bridgehead atoms. The van der Waals surface area contributed by atoms with Gasteiger partial charge in [0.2, 0.25) is 0 Å². The highest BCUT2D eigenvalue weighted by molar-refractivity contribution is 5.99. The average molecular weight is 525 g/mol. The van der Waals surface area contributed by atoms with E-state index in [2.05, 4.69) is 4.90 Å². The van der Waals surface area contributed by atoms with Crippen molar-refractivity contribution < 1.29 is 27.8 Å². The molecule has 0 aromatic heterocycles. The summed E-state index contributed by atoms with van der Waals surface area (Å²) in [6.07, 6.45) is -4.43. The van der Waals surface area contributed by atoms with Crippen LogP contribution in [-0.2, 0) is 23.9 Å². The van der Waals surface area contributed by atoms with Crippen LogP contribution in [0.4, 0.5) is 18.9 Å². The molecule has 0 saturated carbocycles. The Balaban J connectivity index is 1.52. The first-order valence-electron chi connectivity index (χ1n) is 12.9. The highest BCUT2D eigenvalue weighted by Crippen LogP contribution is 2.42. The molecule has 3 atom stereocenters. The fraction of sp³-hybridized carbons (Fsp3) is 0.367. The van der Waals surface area contributed by atoms with Crippen molar-refractivity contribution in [2.75, 3.05) is 25.1 Å². The first kappa shape index (κ1) is 26.3. The molecule has 2 aliphatic heterocycles. The maximum Gasteiger partial charge on any atom is 0.416 e. The number of hydrogen-bond donors (Lipinski definition) is 1. The number of carbonyl (C=O) groups is 1. The summed E-state index contributed by atoms with van der Waals surface area (Å²) in [4.78, 5) is 17.4. The van der Waals surface area contributed by atoms with Crippen molar-refractivity contribution >= 4 is 11.6 Å². The van der Waals surface area contributed by atoms with E-state index in [1.165, 1.54) is 18.1 Å². The molecule has 1 N–H and O–H groups in total. The number of rotatable bonds is 6. The molecule has 0 aliphatic carbocycles. The summed E-state index contributed by atoms with van der Waals surface area (Å²) in [5.41, 5.74) is 1.22. The Morgan fingerprint density at radius 2 is 1.74 bits per heavy atom. The first-order chi connectivity index (χ1) is 18.3. The molecule has 8 heteroatoms. The lowest BCUT2D eigenvalue weighted by molar-refractivity contribution is -0.138. The number of amides is 1. The Kier molecular flexibility index (Phi) is 7.45. The topological polar surface area (TPSA) is 53.0 Å². The van der Waals surface area contributed by atoms with E-state index < -0.39 is 29.7 Å². The number of nitrogens with zero attached hydrogens (tertiary/aromatic N) is 2. The molecule has 0 radical (unpaired) electrons. The fourth-order valence-corrected chi connectivity index (χ4v) is 5.77. The van der Waals surface area contributed by atoms with Crippen molar-refractivity contribution in [1.29, 1.82) is 0 Å². The van der Waals surface area contributed by atoms with Gasteiger partial charge in [0.15, 0.2) is 0 Å². The van der Waals surface area contributed by atoms with Crippen LogP contribution in [0, 0.1) is 0 Å². The summed E-state index contributed by atoms with van der Waals surface area (Å²) < 4.78 is 47.7. The number of aliphatic hydroxyl groups is 1. The number of hydrogen-bond acceptors (Lipinski definition) is 4. The van der Waals surface area contributed by atoms with E-state index in [1.54, 1.807) is 30.3 Å². The Bertz CT molecular complexity index is 1260. The van der Waals surface area contributed by atoms with Gasteiger partial charge in [-0.2, -0.15) is 13.2 Å². The minimum absolute atomic E-state index is 0.0358. The van der Waals surface area contributed by atoms with Gasteiger partial charge >= 0.3 is 6.18 Å². The van der Waals surface area contributed by atoms with Crippen LogP contribution in [0.25, 0.3) is 0 Å². The number of alkyl halides is 3. The Morgan fingerprint density at radius 3 is 2.42 bits per heavy atom. The molecule has 5 nitrogen and oxygen atoms in total. The van der Waals surface area contributed by atoms with E-state index in [0.29, 0.717) is 17.9 Å². The zero-order valence-corrected chi connectivity index (χ0v) is 21.2. The predicted molar refractivity (Wildman–Crippen MR) is 139 cm³/mol. The second-order valence-electron chi connectivity index (χ2n) is 10.0. The molecule has 3 aromatic carbocycles. The first-order valence-corrected chi connectivity index (χ1v) is 12.9. The Morgan fingerprint density at radius 1 is 1.00 bits per heavy atom. The van der Waals surface area contributed by atoms with E-state index in [9.17, 15) is 23.1 Å². The number of fused-ring (bicyclic) bond motifs is 1. The summed E-state index contributed by atoms with van der Waals surface area (Å²) in [6.45, 7) is 1.75. The largest absolute Gasteiger partial charge is 0.497 e. The molecular formula is C30H31F3N2O3. The molecular weight excluding hydrogens is 493 g/mol. The van der Waals surface area contributed by atoms with Gasteiger partial charge in [-0.1, -0.05) is 48.5 Å². The van der Waals surface area contributed by atoms with E-state index in [-0.39, 0.29) is 30.3 Å². The Hall–Kier alpha value is -3.36. The number of halogens is 3. The smallest absolute Gasteiger partial charge is 0.416 e. The summed E-state index contributed by atoms with van der Waals surface area (Å²) in [6, 6.07) is 20.7. The van der Waals surface area contributed by atoms with Crippen LogP contribution < -0.4 is 9.64 Å². The molecule has 3 aromatic rings. The molecule has 38 heavy (non-hydrogen) atoms. The zero-order valence-electron chi connectivity index (χ0n) is 21.2. The maximum absolute atomic E-state index is 14.2. The summed E-state index contributed by atoms with van der Waals surface area (Å²) in [7, 11) is 1.52. The van der Waals surface area contributed by atoms with Crippen LogP contribution in [0.1, 0.15) is 41.0 Å². The maximum atomic E-state index is 14.2. The standard InChI is InChI=1S/C30H31F3N2O3/c1-38-23-14-12-21(13-15-23)24-17-25-26(30(31,32)33)10-5-11-27(25)35(29(37)28(24)36)19-22-9-6-16-34(22)18-20-7-3-2-4-8-20/h2-5,7-8,10-15,22,24,28,36H,6,9,16-19H2,1H3. The van der Waals surface area contributed by atoms with E-state index in [0.717, 1.165) is 31.0 Å². The minimum Gasteiger partial charge on any atom is -0.497 e. The van der Waals surface area contributed by atoms with Gasteiger partial charge in [0.25, 0.3) is 5.91 Å². The molecule has 5 rings (SSSR count). The van der Waals surface area contributed by atoms with Crippen molar-refractivity contribution in [2.24, 2.45) is 0 Å². The van der Waals surface area contributed by atoms with Gasteiger partial charge in [-0.25, -0.2) is 0 Å². The van der Waals surface area contributed by atoms with Gasteiger partial charge in [-0.15, -0.1) is 0 Å². The highest BCUT2D eigenvalue weighted by atomic mass is 19.4. The van der Waals surface area contributed by atoms with Crippen LogP contribution in [0.2, 0.25) is 0 Å². The third kappa shape index (κ3) is 5.28. The Labute approximate surface area is 220 Å². The number of benzene rings is 3. The van der Waals surface area contributed by atoms with Gasteiger partial charge in [-0.3, -0.25) is 9.69 Å². The van der Waals surface area contributed by atoms with Crippen LogP contribution in [-0.4, -0.2) is 48.3 Å². The summed E-state index contributed by atoms with van der Waals surface area (Å²) in [5, 5.41) is 11.3. The third-order valence-corrected chi connectivity index (χ3v) is 7.74.